The van der Waals surface area contributed by atoms with Gasteiger partial charge in [-0.1, -0.05) is 28.1 Å². The Morgan fingerprint density at radius 2 is 1.83 bits per heavy atom. The lowest BCUT2D eigenvalue weighted by Gasteiger charge is -2.17. The Morgan fingerprint density at radius 1 is 1.13 bits per heavy atom. The molecule has 1 atom stereocenters. The highest BCUT2D eigenvalue weighted by Crippen LogP contribution is 2.36. The molecule has 0 heterocycles. The SMILES string of the molecule is CCOc1c(Br)cc(CN[C@H](C)c2ccc(Br)cc2)cc1OC. The van der Waals surface area contributed by atoms with E-state index in [1.165, 1.54) is 5.56 Å². The second kappa shape index (κ2) is 8.71. The molecule has 0 aromatic heterocycles. The average molecular weight is 443 g/mol. The average Bonchev–Trinajstić information content (AvgIpc) is 2.55. The van der Waals surface area contributed by atoms with Crippen LogP contribution < -0.4 is 14.8 Å². The second-order valence-corrected chi connectivity index (χ2v) is 6.97. The van der Waals surface area contributed by atoms with E-state index in [0.29, 0.717) is 6.61 Å². The van der Waals surface area contributed by atoms with E-state index < -0.39 is 0 Å². The summed E-state index contributed by atoms with van der Waals surface area (Å²) in [5.74, 6) is 1.49. The molecule has 0 bridgehead atoms. The summed E-state index contributed by atoms with van der Waals surface area (Å²) >= 11 is 7.02. The zero-order chi connectivity index (χ0) is 16.8. The minimum absolute atomic E-state index is 0.263. The highest BCUT2D eigenvalue weighted by Gasteiger charge is 2.12. The van der Waals surface area contributed by atoms with Gasteiger partial charge in [0.15, 0.2) is 11.5 Å². The van der Waals surface area contributed by atoms with Crippen LogP contribution in [-0.2, 0) is 6.54 Å². The summed E-state index contributed by atoms with van der Waals surface area (Å²) < 4.78 is 13.1. The van der Waals surface area contributed by atoms with E-state index in [1.54, 1.807) is 7.11 Å². The predicted molar refractivity (Wildman–Crippen MR) is 101 cm³/mol. The molecule has 2 aromatic rings. The molecule has 0 saturated carbocycles. The minimum Gasteiger partial charge on any atom is -0.493 e. The lowest BCUT2D eigenvalue weighted by atomic mass is 10.1. The Morgan fingerprint density at radius 3 is 2.43 bits per heavy atom. The third-order valence-corrected chi connectivity index (χ3v) is 4.68. The van der Waals surface area contributed by atoms with E-state index in [9.17, 15) is 0 Å². The molecule has 0 aliphatic heterocycles. The molecule has 0 fully saturated rings. The van der Waals surface area contributed by atoms with E-state index in [2.05, 4.69) is 74.4 Å². The Kier molecular flexibility index (Phi) is 6.93. The van der Waals surface area contributed by atoms with Crippen molar-refractivity contribution < 1.29 is 9.47 Å². The second-order valence-electron chi connectivity index (χ2n) is 5.20. The van der Waals surface area contributed by atoms with Crippen LogP contribution in [0.5, 0.6) is 11.5 Å². The summed E-state index contributed by atoms with van der Waals surface area (Å²) in [7, 11) is 1.66. The number of nitrogens with one attached hydrogen (secondary N) is 1. The zero-order valence-electron chi connectivity index (χ0n) is 13.5. The van der Waals surface area contributed by atoms with Crippen molar-refractivity contribution in [1.82, 2.24) is 5.32 Å². The Bertz CT molecular complexity index is 644. The molecule has 0 amide bonds. The Hall–Kier alpha value is -1.04. The first-order chi connectivity index (χ1) is 11.0. The van der Waals surface area contributed by atoms with E-state index in [0.717, 1.165) is 32.6 Å². The maximum atomic E-state index is 5.62. The first-order valence-electron chi connectivity index (χ1n) is 7.53. The molecule has 124 valence electrons. The number of ether oxygens (including phenoxy) is 2. The van der Waals surface area contributed by atoms with E-state index in [4.69, 9.17) is 9.47 Å². The van der Waals surface area contributed by atoms with Crippen molar-refractivity contribution >= 4 is 31.9 Å². The van der Waals surface area contributed by atoms with E-state index in [1.807, 2.05) is 13.0 Å². The Balaban J connectivity index is 2.08. The van der Waals surface area contributed by atoms with Gasteiger partial charge < -0.3 is 14.8 Å². The molecular formula is C18H21Br2NO2. The normalized spacial score (nSPS) is 12.0. The standard InChI is InChI=1S/C18H21Br2NO2/c1-4-23-18-16(20)9-13(10-17(18)22-3)11-21-12(2)14-5-7-15(19)8-6-14/h5-10,12,21H,4,11H2,1-3H3/t12-/m1/s1. The van der Waals surface area contributed by atoms with Crippen molar-refractivity contribution in [3.05, 3.63) is 56.5 Å². The first kappa shape index (κ1) is 18.3. The van der Waals surface area contributed by atoms with Gasteiger partial charge in [0, 0.05) is 17.1 Å². The van der Waals surface area contributed by atoms with E-state index in [-0.39, 0.29) is 6.04 Å². The van der Waals surface area contributed by atoms with Gasteiger partial charge >= 0.3 is 0 Å². The summed E-state index contributed by atoms with van der Waals surface area (Å²) in [4.78, 5) is 0. The number of benzene rings is 2. The number of methoxy groups -OCH3 is 1. The van der Waals surface area contributed by atoms with Crippen molar-refractivity contribution in [2.24, 2.45) is 0 Å². The minimum atomic E-state index is 0.263. The molecular weight excluding hydrogens is 422 g/mol. The molecule has 0 radical (unpaired) electrons. The van der Waals surface area contributed by atoms with Crippen LogP contribution in [0.15, 0.2) is 45.3 Å². The molecule has 0 aliphatic rings. The fourth-order valence-corrected chi connectivity index (χ4v) is 3.17. The zero-order valence-corrected chi connectivity index (χ0v) is 16.7. The number of rotatable bonds is 7. The summed E-state index contributed by atoms with van der Waals surface area (Å²) in [5, 5.41) is 3.53. The number of hydrogen-bond acceptors (Lipinski definition) is 3. The first-order valence-corrected chi connectivity index (χ1v) is 9.11. The van der Waals surface area contributed by atoms with Gasteiger partial charge in [-0.05, 0) is 65.2 Å². The number of hydrogen-bond donors (Lipinski definition) is 1. The molecule has 0 saturated heterocycles. The van der Waals surface area contributed by atoms with Crippen molar-refractivity contribution in [2.45, 2.75) is 26.4 Å². The van der Waals surface area contributed by atoms with Gasteiger partial charge in [0.05, 0.1) is 18.2 Å². The van der Waals surface area contributed by atoms with Gasteiger partial charge in [0.2, 0.25) is 0 Å². The van der Waals surface area contributed by atoms with Crippen molar-refractivity contribution in [3.63, 3.8) is 0 Å². The fraction of sp³-hybridized carbons (Fsp3) is 0.333. The largest absolute Gasteiger partial charge is 0.493 e. The molecule has 0 unspecified atom stereocenters. The molecule has 0 spiro atoms. The summed E-state index contributed by atoms with van der Waals surface area (Å²) in [6, 6.07) is 12.7. The van der Waals surface area contributed by atoms with Crippen LogP contribution >= 0.6 is 31.9 Å². The van der Waals surface area contributed by atoms with Gasteiger partial charge in [-0.2, -0.15) is 0 Å². The van der Waals surface area contributed by atoms with Gasteiger partial charge in [0.1, 0.15) is 0 Å². The van der Waals surface area contributed by atoms with Crippen LogP contribution in [0, 0.1) is 0 Å². The van der Waals surface area contributed by atoms with Crippen molar-refractivity contribution in [1.29, 1.82) is 0 Å². The highest BCUT2D eigenvalue weighted by atomic mass is 79.9. The van der Waals surface area contributed by atoms with Crippen molar-refractivity contribution in [3.8, 4) is 11.5 Å². The van der Waals surface area contributed by atoms with Gasteiger partial charge in [-0.25, -0.2) is 0 Å². The molecule has 0 aliphatic carbocycles. The Labute approximate surface area is 154 Å². The van der Waals surface area contributed by atoms with Crippen LogP contribution in [-0.4, -0.2) is 13.7 Å². The van der Waals surface area contributed by atoms with E-state index >= 15 is 0 Å². The summed E-state index contributed by atoms with van der Waals surface area (Å²) in [5.41, 5.74) is 2.39. The quantitative estimate of drug-likeness (QED) is 0.616. The summed E-state index contributed by atoms with van der Waals surface area (Å²) in [6.45, 7) is 5.47. The van der Waals surface area contributed by atoms with Gasteiger partial charge in [0.25, 0.3) is 0 Å². The molecule has 5 heteroatoms. The molecule has 2 aromatic carbocycles. The number of halogens is 2. The maximum Gasteiger partial charge on any atom is 0.175 e. The van der Waals surface area contributed by atoms with Crippen LogP contribution in [0.2, 0.25) is 0 Å². The third-order valence-electron chi connectivity index (χ3n) is 3.56. The molecule has 3 nitrogen and oxygen atoms in total. The maximum absolute atomic E-state index is 5.62. The van der Waals surface area contributed by atoms with Crippen LogP contribution in [0.3, 0.4) is 0 Å². The molecule has 23 heavy (non-hydrogen) atoms. The lowest BCUT2D eigenvalue weighted by Crippen LogP contribution is -2.18. The van der Waals surface area contributed by atoms with Crippen molar-refractivity contribution in [2.75, 3.05) is 13.7 Å². The monoisotopic (exact) mass is 441 g/mol. The third kappa shape index (κ3) is 4.96. The predicted octanol–water partition coefficient (Wildman–Crippen LogP) is 5.47. The summed E-state index contributed by atoms with van der Waals surface area (Å²) in [6.07, 6.45) is 0. The van der Waals surface area contributed by atoms with Crippen LogP contribution in [0.4, 0.5) is 0 Å². The van der Waals surface area contributed by atoms with Gasteiger partial charge in [-0.3, -0.25) is 0 Å². The fourth-order valence-electron chi connectivity index (χ4n) is 2.30. The topological polar surface area (TPSA) is 30.5 Å². The lowest BCUT2D eigenvalue weighted by molar-refractivity contribution is 0.308. The van der Waals surface area contributed by atoms with Gasteiger partial charge in [-0.15, -0.1) is 0 Å². The molecule has 1 N–H and O–H groups in total. The highest BCUT2D eigenvalue weighted by molar-refractivity contribution is 9.10. The smallest absolute Gasteiger partial charge is 0.175 e. The van der Waals surface area contributed by atoms with Crippen LogP contribution in [0.25, 0.3) is 0 Å². The molecule has 2 rings (SSSR count). The van der Waals surface area contributed by atoms with Crippen LogP contribution in [0.1, 0.15) is 31.0 Å².